The average Bonchev–Trinajstić information content (AvgIpc) is 4.08. The molecule has 0 bridgehead atoms. The molecule has 7 N–H and O–H groups in total. The van der Waals surface area contributed by atoms with Crippen LogP contribution in [0.4, 0.5) is 0 Å². The van der Waals surface area contributed by atoms with Crippen LogP contribution in [0, 0.1) is 0 Å². The maximum Gasteiger partial charge on any atom is 0.254 e. The second kappa shape index (κ2) is 18.0. The van der Waals surface area contributed by atoms with Crippen LogP contribution in [-0.4, -0.2) is 103 Å². The number of rotatable bonds is 21. The van der Waals surface area contributed by atoms with Crippen LogP contribution in [-0.2, 0) is 26.5 Å². The maximum absolute atomic E-state index is 12.8. The summed E-state index contributed by atoms with van der Waals surface area (Å²) in [5.74, 6) is -0.185. The minimum Gasteiger partial charge on any atom is -0.490 e. The molecule has 2 aromatic carbocycles. The van der Waals surface area contributed by atoms with E-state index in [0.29, 0.717) is 24.5 Å². The zero-order valence-corrected chi connectivity index (χ0v) is 29.8. The summed E-state index contributed by atoms with van der Waals surface area (Å²) in [5, 5.41) is 49.3. The van der Waals surface area contributed by atoms with E-state index < -0.39 is 55.0 Å². The largest absolute Gasteiger partial charge is 0.490 e. The molecular formula is C37H46ClN3O9S. The first-order valence-corrected chi connectivity index (χ1v) is 18.6. The van der Waals surface area contributed by atoms with Crippen LogP contribution in [0.25, 0.3) is 11.1 Å². The lowest BCUT2D eigenvalue weighted by Gasteiger charge is -2.29. The first-order chi connectivity index (χ1) is 24.5. The molecule has 14 heteroatoms. The lowest BCUT2D eigenvalue weighted by molar-refractivity contribution is -0.159. The highest BCUT2D eigenvalue weighted by atomic mass is 35.5. The number of thioether (sulfide) groups is 1. The van der Waals surface area contributed by atoms with Crippen molar-refractivity contribution >= 4 is 35.2 Å². The van der Waals surface area contributed by atoms with Gasteiger partial charge in [-0.15, -0.1) is 11.8 Å². The second-order valence-electron chi connectivity index (χ2n) is 13.1. The average molecular weight is 744 g/mol. The van der Waals surface area contributed by atoms with Gasteiger partial charge in [0.25, 0.3) is 5.91 Å². The van der Waals surface area contributed by atoms with E-state index in [0.717, 1.165) is 75.7 Å². The molecule has 2 aliphatic rings. The Morgan fingerprint density at radius 2 is 1.78 bits per heavy atom. The molecule has 4 unspecified atom stereocenters. The Labute approximate surface area is 306 Å². The van der Waals surface area contributed by atoms with Gasteiger partial charge in [-0.25, -0.2) is 0 Å². The number of pyridine rings is 1. The Bertz CT molecular complexity index is 1640. The number of aromatic nitrogens is 1. The molecule has 2 fully saturated rings. The van der Waals surface area contributed by atoms with Crippen molar-refractivity contribution in [3.63, 3.8) is 0 Å². The number of hydrogen-bond acceptors (Lipinski definition) is 11. The Kier molecular flexibility index (Phi) is 13.7. The second-order valence-corrected chi connectivity index (χ2v) is 14.7. The van der Waals surface area contributed by atoms with Crippen LogP contribution < -0.4 is 10.5 Å². The summed E-state index contributed by atoms with van der Waals surface area (Å²) in [6.07, 6.45) is 1.92. The highest BCUT2D eigenvalue weighted by Gasteiger charge is 2.48. The zero-order chi connectivity index (χ0) is 36.5. The van der Waals surface area contributed by atoms with E-state index >= 15 is 0 Å². The Balaban J connectivity index is 1.12. The van der Waals surface area contributed by atoms with Gasteiger partial charge in [0, 0.05) is 40.0 Å². The number of hydrogen-bond donors (Lipinski definition) is 6. The molecule has 276 valence electrons. The Hall–Kier alpha value is -3.27. The van der Waals surface area contributed by atoms with Crippen LogP contribution in [0.5, 0.6) is 5.75 Å². The molecule has 0 saturated heterocycles. The predicted octanol–water partition coefficient (Wildman–Crippen LogP) is 3.16. The van der Waals surface area contributed by atoms with E-state index in [9.17, 15) is 30.0 Å². The normalized spacial score (nSPS) is 17.3. The van der Waals surface area contributed by atoms with Crippen LogP contribution in [0.2, 0.25) is 5.02 Å². The third-order valence-corrected chi connectivity index (χ3v) is 10.5. The summed E-state index contributed by atoms with van der Waals surface area (Å²) >= 11 is 8.27. The molecule has 4 atom stereocenters. The topological polar surface area (TPSA) is 196 Å². The number of carbonyl (C=O) groups is 2. The van der Waals surface area contributed by atoms with Gasteiger partial charge in [0.1, 0.15) is 24.1 Å². The number of benzene rings is 2. The molecule has 51 heavy (non-hydrogen) atoms. The SMILES string of the molecule is NC(=O)CN(CCCCCSc1ccc(Cl)c(COC2(c3cnccc3-c3ccccc3OC3CC3)CC2)c1)C(=O)C(O)C(O)C(O)C(O)CO. The lowest BCUT2D eigenvalue weighted by atomic mass is 9.96. The number of para-hydroxylation sites is 1. The van der Waals surface area contributed by atoms with Gasteiger partial charge in [-0.3, -0.25) is 14.6 Å². The van der Waals surface area contributed by atoms with Gasteiger partial charge >= 0.3 is 0 Å². The number of primary amides is 1. The Morgan fingerprint density at radius 3 is 2.49 bits per heavy atom. The van der Waals surface area contributed by atoms with E-state index in [1.807, 2.05) is 48.7 Å². The summed E-state index contributed by atoms with van der Waals surface area (Å²) in [7, 11) is 0. The zero-order valence-electron chi connectivity index (χ0n) is 28.3. The fraction of sp³-hybridized carbons (Fsp3) is 0.486. The monoisotopic (exact) mass is 743 g/mol. The molecule has 5 rings (SSSR count). The molecule has 3 aromatic rings. The number of amides is 2. The van der Waals surface area contributed by atoms with Crippen LogP contribution in [0.15, 0.2) is 65.8 Å². The smallest absolute Gasteiger partial charge is 0.254 e. The molecule has 2 amide bonds. The third kappa shape index (κ3) is 10.4. The fourth-order valence-corrected chi connectivity index (χ4v) is 6.95. The van der Waals surface area contributed by atoms with Gasteiger partial charge < -0.3 is 45.6 Å². The van der Waals surface area contributed by atoms with Crippen LogP contribution in [0.1, 0.15) is 56.1 Å². The fourth-order valence-electron chi connectivity index (χ4n) is 5.80. The number of aliphatic hydroxyl groups is 5. The number of nitrogens with two attached hydrogens (primary N) is 1. The lowest BCUT2D eigenvalue weighted by Crippen LogP contribution is -2.53. The highest BCUT2D eigenvalue weighted by molar-refractivity contribution is 7.99. The van der Waals surface area contributed by atoms with Crippen molar-refractivity contribution in [3.8, 4) is 16.9 Å². The van der Waals surface area contributed by atoms with Crippen molar-refractivity contribution < 1.29 is 44.6 Å². The summed E-state index contributed by atoms with van der Waals surface area (Å²) in [6, 6.07) is 16.0. The van der Waals surface area contributed by atoms with Crippen molar-refractivity contribution in [2.45, 2.75) is 92.6 Å². The molecular weight excluding hydrogens is 698 g/mol. The summed E-state index contributed by atoms with van der Waals surface area (Å²) in [4.78, 5) is 30.8. The van der Waals surface area contributed by atoms with Crippen LogP contribution in [0.3, 0.4) is 0 Å². The predicted molar refractivity (Wildman–Crippen MR) is 192 cm³/mol. The first kappa shape index (κ1) is 38.9. The Morgan fingerprint density at radius 1 is 1.02 bits per heavy atom. The van der Waals surface area contributed by atoms with E-state index in [4.69, 9.17) is 31.9 Å². The first-order valence-electron chi connectivity index (χ1n) is 17.2. The summed E-state index contributed by atoms with van der Waals surface area (Å²) in [5.41, 5.74) is 8.84. The standard InChI is InChI=1S/C37H46ClN3O9S/c38-29-11-10-25(51-17-5-1-4-16-41(20-32(39)44)36(48)35(47)34(46)33(45)30(43)21-42)18-23(29)22-49-37(13-14-37)28-19-40-15-12-26(28)27-6-2-3-7-31(27)50-24-8-9-24/h2-3,6-7,10-12,15,18-19,24,30,33-35,42-43,45-47H,1,4-5,8-9,13-14,16-17,20-22H2,(H2,39,44). The number of nitrogens with zero attached hydrogens (tertiary/aromatic N) is 2. The van der Waals surface area contributed by atoms with Gasteiger partial charge in [-0.05, 0) is 85.7 Å². The minimum absolute atomic E-state index is 0.0802. The van der Waals surface area contributed by atoms with Gasteiger partial charge in [0.15, 0.2) is 6.10 Å². The summed E-state index contributed by atoms with van der Waals surface area (Å²) in [6.45, 7) is -0.955. The van der Waals surface area contributed by atoms with Crippen molar-refractivity contribution in [2.75, 3.05) is 25.4 Å². The number of carbonyl (C=O) groups excluding carboxylic acids is 2. The quantitative estimate of drug-likeness (QED) is 0.0693. The highest BCUT2D eigenvalue weighted by Crippen LogP contribution is 2.53. The van der Waals surface area contributed by atoms with Gasteiger partial charge in [-0.2, -0.15) is 0 Å². The maximum atomic E-state index is 12.8. The number of ether oxygens (including phenoxy) is 2. The van der Waals surface area contributed by atoms with Gasteiger partial charge in [-0.1, -0.05) is 36.2 Å². The van der Waals surface area contributed by atoms with Gasteiger partial charge in [0.05, 0.1) is 31.5 Å². The van der Waals surface area contributed by atoms with Crippen molar-refractivity contribution in [2.24, 2.45) is 5.73 Å². The van der Waals surface area contributed by atoms with Crippen molar-refractivity contribution in [1.82, 2.24) is 9.88 Å². The third-order valence-electron chi connectivity index (χ3n) is 9.04. The minimum atomic E-state index is -2.12. The molecule has 0 aliphatic heterocycles. The van der Waals surface area contributed by atoms with Crippen molar-refractivity contribution in [3.05, 3.63) is 77.1 Å². The molecule has 1 heterocycles. The summed E-state index contributed by atoms with van der Waals surface area (Å²) < 4.78 is 12.8. The van der Waals surface area contributed by atoms with E-state index in [1.165, 1.54) is 0 Å². The van der Waals surface area contributed by atoms with Crippen molar-refractivity contribution in [1.29, 1.82) is 0 Å². The van der Waals surface area contributed by atoms with E-state index in [1.54, 1.807) is 18.0 Å². The molecule has 2 saturated carbocycles. The van der Waals surface area contributed by atoms with Crippen LogP contribution >= 0.6 is 23.4 Å². The molecule has 2 aliphatic carbocycles. The van der Waals surface area contributed by atoms with E-state index in [-0.39, 0.29) is 12.6 Å². The number of unbranched alkanes of at least 4 members (excludes halogenated alkanes) is 2. The molecule has 0 radical (unpaired) electrons. The molecule has 0 spiro atoms. The molecule has 1 aromatic heterocycles. The molecule has 12 nitrogen and oxygen atoms in total. The van der Waals surface area contributed by atoms with Gasteiger partial charge in [0.2, 0.25) is 5.91 Å². The number of aliphatic hydroxyl groups excluding tert-OH is 5. The van der Waals surface area contributed by atoms with E-state index in [2.05, 4.69) is 11.1 Å². The number of halogens is 1.